The third-order valence-corrected chi connectivity index (χ3v) is 5.62. The number of carbonyl (C=O) groups excluding carboxylic acids is 1. The Kier molecular flexibility index (Phi) is 6.26. The molecule has 0 spiro atoms. The highest BCUT2D eigenvalue weighted by atomic mass is 79.9. The Labute approximate surface area is 175 Å². The summed E-state index contributed by atoms with van der Waals surface area (Å²) in [5.74, 6) is -0.396. The van der Waals surface area contributed by atoms with Crippen molar-refractivity contribution < 1.29 is 9.53 Å². The maximum atomic E-state index is 12.5. The lowest BCUT2D eigenvalue weighted by molar-refractivity contribution is 0.0603. The number of methoxy groups -OCH3 is 1. The van der Waals surface area contributed by atoms with E-state index in [1.807, 2.05) is 61.5 Å². The number of benzene rings is 2. The molecular weight excluding hydrogens is 444 g/mol. The van der Waals surface area contributed by atoms with Gasteiger partial charge in [0.15, 0.2) is 5.11 Å². The van der Waals surface area contributed by atoms with Gasteiger partial charge in [-0.05, 0) is 49.0 Å². The second-order valence-corrected chi connectivity index (χ2v) is 8.23. The lowest BCUT2D eigenvalue weighted by Crippen LogP contribution is -2.20. The summed E-state index contributed by atoms with van der Waals surface area (Å²) in [5, 5.41) is 7.34. The molecule has 3 aromatic rings. The van der Waals surface area contributed by atoms with Crippen molar-refractivity contribution in [1.29, 1.82) is 0 Å². The van der Waals surface area contributed by atoms with Gasteiger partial charge in [0.05, 0.1) is 7.11 Å². The van der Waals surface area contributed by atoms with Crippen LogP contribution >= 0.6 is 39.5 Å². The Balaban J connectivity index is 1.92. The summed E-state index contributed by atoms with van der Waals surface area (Å²) in [6.45, 7) is 1.98. The first-order chi connectivity index (χ1) is 13.0. The van der Waals surface area contributed by atoms with Gasteiger partial charge in [0.2, 0.25) is 0 Å². The van der Waals surface area contributed by atoms with Crippen LogP contribution in [0.5, 0.6) is 0 Å². The van der Waals surface area contributed by atoms with Crippen LogP contribution in [0.4, 0.5) is 10.7 Å². The smallest absolute Gasteiger partial charge is 0.341 e. The number of carbonyl (C=O) groups is 1. The lowest BCUT2D eigenvalue weighted by atomic mass is 10.0. The maximum Gasteiger partial charge on any atom is 0.341 e. The summed E-state index contributed by atoms with van der Waals surface area (Å²) in [6.07, 6.45) is 0. The molecule has 1 aromatic heterocycles. The van der Waals surface area contributed by atoms with E-state index >= 15 is 0 Å². The van der Waals surface area contributed by atoms with Gasteiger partial charge >= 0.3 is 5.97 Å². The van der Waals surface area contributed by atoms with Crippen molar-refractivity contribution in [3.05, 3.63) is 69.5 Å². The largest absolute Gasteiger partial charge is 0.465 e. The van der Waals surface area contributed by atoms with Gasteiger partial charge in [-0.25, -0.2) is 4.79 Å². The quantitative estimate of drug-likeness (QED) is 0.364. The average Bonchev–Trinajstić information content (AvgIpc) is 2.99. The fourth-order valence-electron chi connectivity index (χ4n) is 2.68. The number of nitrogens with one attached hydrogen (secondary N) is 2. The van der Waals surface area contributed by atoms with Gasteiger partial charge in [0.25, 0.3) is 0 Å². The first-order valence-electron chi connectivity index (χ1n) is 8.10. The summed E-state index contributed by atoms with van der Waals surface area (Å²) < 4.78 is 6.01. The number of halogens is 1. The van der Waals surface area contributed by atoms with E-state index in [0.29, 0.717) is 15.7 Å². The second kappa shape index (κ2) is 8.65. The average molecular weight is 461 g/mol. The number of thiophene rings is 1. The van der Waals surface area contributed by atoms with Crippen molar-refractivity contribution in [3.8, 4) is 11.1 Å². The Bertz CT molecular complexity index is 970. The van der Waals surface area contributed by atoms with Crippen molar-refractivity contribution >= 4 is 61.3 Å². The molecule has 0 atom stereocenters. The maximum absolute atomic E-state index is 12.5. The van der Waals surface area contributed by atoms with Crippen LogP contribution in [-0.4, -0.2) is 18.2 Å². The van der Waals surface area contributed by atoms with Crippen LogP contribution in [0.15, 0.2) is 59.1 Å². The molecule has 0 radical (unpaired) electrons. The predicted octanol–water partition coefficient (Wildman–Crippen LogP) is 6.08. The van der Waals surface area contributed by atoms with Crippen LogP contribution < -0.4 is 10.6 Å². The first kappa shape index (κ1) is 19.5. The molecule has 0 aliphatic rings. The Hall–Kier alpha value is -2.22. The summed E-state index contributed by atoms with van der Waals surface area (Å²) >= 11 is 10.3. The van der Waals surface area contributed by atoms with Crippen LogP contribution in [-0.2, 0) is 4.74 Å². The molecule has 3 rings (SSSR count). The third-order valence-electron chi connectivity index (χ3n) is 3.87. The molecule has 0 unspecified atom stereocenters. The SMILES string of the molecule is COC(=O)c1c(NC(=S)Nc2ccc(Br)cc2)sc(C)c1-c1ccccc1. The topological polar surface area (TPSA) is 50.4 Å². The minimum atomic E-state index is -0.396. The van der Waals surface area contributed by atoms with Gasteiger partial charge in [0, 0.05) is 20.6 Å². The highest BCUT2D eigenvalue weighted by molar-refractivity contribution is 9.10. The standard InChI is InChI=1S/C20H17BrN2O2S2/c1-12-16(13-6-4-3-5-7-13)17(19(24)25-2)18(27-12)23-20(26)22-15-10-8-14(21)9-11-15/h3-11H,1-2H3,(H2,22,23,26). The number of rotatable bonds is 4. The third kappa shape index (κ3) is 4.55. The summed E-state index contributed by atoms with van der Waals surface area (Å²) in [7, 11) is 1.38. The van der Waals surface area contributed by atoms with Crippen molar-refractivity contribution in [2.24, 2.45) is 0 Å². The zero-order valence-corrected chi connectivity index (χ0v) is 17.9. The zero-order valence-electron chi connectivity index (χ0n) is 14.7. The number of ether oxygens (including phenoxy) is 1. The molecule has 4 nitrogen and oxygen atoms in total. The summed E-state index contributed by atoms with van der Waals surface area (Å²) in [4.78, 5) is 13.5. The number of hydrogen-bond acceptors (Lipinski definition) is 4. The molecule has 0 saturated heterocycles. The van der Waals surface area contributed by atoms with Crippen LogP contribution in [0.3, 0.4) is 0 Å². The first-order valence-corrected chi connectivity index (χ1v) is 10.1. The van der Waals surface area contributed by atoms with E-state index in [1.54, 1.807) is 0 Å². The zero-order chi connectivity index (χ0) is 19.4. The second-order valence-electron chi connectivity index (χ2n) is 5.68. The predicted molar refractivity (Wildman–Crippen MR) is 120 cm³/mol. The van der Waals surface area contributed by atoms with Crippen LogP contribution in [0.25, 0.3) is 11.1 Å². The van der Waals surface area contributed by atoms with Crippen molar-refractivity contribution in [2.45, 2.75) is 6.92 Å². The van der Waals surface area contributed by atoms with E-state index < -0.39 is 5.97 Å². The van der Waals surface area contributed by atoms with E-state index in [9.17, 15) is 4.79 Å². The van der Waals surface area contributed by atoms with Crippen LogP contribution in [0, 0.1) is 6.92 Å². The summed E-state index contributed by atoms with van der Waals surface area (Å²) in [5.41, 5.74) is 3.17. The van der Waals surface area contributed by atoms with Gasteiger partial charge in [-0.2, -0.15) is 0 Å². The van der Waals surface area contributed by atoms with Gasteiger partial charge in [-0.1, -0.05) is 46.3 Å². The molecule has 2 N–H and O–H groups in total. The Morgan fingerprint density at radius 1 is 1.07 bits per heavy atom. The number of aryl methyl sites for hydroxylation is 1. The molecule has 1 heterocycles. The van der Waals surface area contributed by atoms with E-state index in [0.717, 1.165) is 26.2 Å². The number of esters is 1. The molecule has 0 aliphatic heterocycles. The van der Waals surface area contributed by atoms with E-state index in [2.05, 4.69) is 26.6 Å². The molecule has 0 saturated carbocycles. The highest BCUT2D eigenvalue weighted by Gasteiger charge is 2.24. The van der Waals surface area contributed by atoms with Gasteiger partial charge in [-0.15, -0.1) is 11.3 Å². The molecular formula is C20H17BrN2O2S2. The van der Waals surface area contributed by atoms with E-state index in [-0.39, 0.29) is 0 Å². The molecule has 0 bridgehead atoms. The van der Waals surface area contributed by atoms with Gasteiger partial charge in [0.1, 0.15) is 10.6 Å². The highest BCUT2D eigenvalue weighted by Crippen LogP contribution is 2.40. The normalized spacial score (nSPS) is 10.3. The van der Waals surface area contributed by atoms with Gasteiger partial charge in [-0.3, -0.25) is 0 Å². The molecule has 2 aromatic carbocycles. The van der Waals surface area contributed by atoms with Crippen molar-refractivity contribution in [2.75, 3.05) is 17.7 Å². The molecule has 27 heavy (non-hydrogen) atoms. The number of anilines is 2. The Morgan fingerprint density at radius 2 is 1.74 bits per heavy atom. The molecule has 0 fully saturated rings. The van der Waals surface area contributed by atoms with Crippen LogP contribution in [0.2, 0.25) is 0 Å². The minimum Gasteiger partial charge on any atom is -0.465 e. The molecule has 0 aliphatic carbocycles. The van der Waals surface area contributed by atoms with E-state index in [1.165, 1.54) is 18.4 Å². The van der Waals surface area contributed by atoms with Crippen molar-refractivity contribution in [3.63, 3.8) is 0 Å². The Morgan fingerprint density at radius 3 is 2.37 bits per heavy atom. The molecule has 138 valence electrons. The molecule has 7 heteroatoms. The van der Waals surface area contributed by atoms with Crippen molar-refractivity contribution in [1.82, 2.24) is 0 Å². The fraction of sp³-hybridized carbons (Fsp3) is 0.100. The lowest BCUT2D eigenvalue weighted by Gasteiger charge is -2.11. The fourth-order valence-corrected chi connectivity index (χ4v) is 4.30. The van der Waals surface area contributed by atoms with Crippen LogP contribution in [0.1, 0.15) is 15.2 Å². The number of hydrogen-bond donors (Lipinski definition) is 2. The summed E-state index contributed by atoms with van der Waals surface area (Å²) in [6, 6.07) is 17.5. The van der Waals surface area contributed by atoms with E-state index in [4.69, 9.17) is 17.0 Å². The molecule has 0 amide bonds. The minimum absolute atomic E-state index is 0.396. The monoisotopic (exact) mass is 460 g/mol. The number of thiocarbonyl (C=S) groups is 1. The van der Waals surface area contributed by atoms with Gasteiger partial charge < -0.3 is 15.4 Å².